The van der Waals surface area contributed by atoms with Crippen LogP contribution >= 0.6 is 0 Å². The summed E-state index contributed by atoms with van der Waals surface area (Å²) in [5.74, 6) is 0. The molecule has 0 aromatic heterocycles. The highest BCUT2D eigenvalue weighted by molar-refractivity contribution is 7.89. The highest BCUT2D eigenvalue weighted by atomic mass is 32.2. The predicted octanol–water partition coefficient (Wildman–Crippen LogP) is 3.40. The van der Waals surface area contributed by atoms with Crippen molar-refractivity contribution in [2.45, 2.75) is 24.5 Å². The first-order valence-corrected chi connectivity index (χ1v) is 8.40. The van der Waals surface area contributed by atoms with E-state index < -0.39 is 26.7 Å². The van der Waals surface area contributed by atoms with Gasteiger partial charge in [-0.2, -0.15) is 13.2 Å². The number of hydrogen-bond acceptors (Lipinski definition) is 4. The van der Waals surface area contributed by atoms with Crippen LogP contribution in [-0.2, 0) is 22.7 Å². The lowest BCUT2D eigenvalue weighted by molar-refractivity contribution is -0.385. The van der Waals surface area contributed by atoms with Crippen LogP contribution in [0, 0.1) is 17.0 Å². The van der Waals surface area contributed by atoms with E-state index >= 15 is 0 Å². The molecule has 2 rings (SSSR count). The van der Waals surface area contributed by atoms with Crippen molar-refractivity contribution in [1.82, 2.24) is 4.72 Å². The second-order valence-electron chi connectivity index (χ2n) is 5.23. The molecule has 25 heavy (non-hydrogen) atoms. The van der Waals surface area contributed by atoms with Crippen molar-refractivity contribution < 1.29 is 26.5 Å². The molecule has 6 nitrogen and oxygen atoms in total. The van der Waals surface area contributed by atoms with Crippen LogP contribution in [-0.4, -0.2) is 13.3 Å². The molecule has 0 aliphatic rings. The van der Waals surface area contributed by atoms with E-state index in [1.807, 2.05) is 0 Å². The molecule has 0 spiro atoms. The predicted molar refractivity (Wildman–Crippen MR) is 83.3 cm³/mol. The maximum absolute atomic E-state index is 12.7. The van der Waals surface area contributed by atoms with Gasteiger partial charge >= 0.3 is 6.18 Å². The summed E-state index contributed by atoms with van der Waals surface area (Å²) in [5.41, 5.74) is -0.848. The Morgan fingerprint density at radius 1 is 1.16 bits per heavy atom. The Morgan fingerprint density at radius 2 is 1.84 bits per heavy atom. The van der Waals surface area contributed by atoms with E-state index in [-0.39, 0.29) is 22.7 Å². The monoisotopic (exact) mass is 374 g/mol. The quantitative estimate of drug-likeness (QED) is 0.642. The van der Waals surface area contributed by atoms with Gasteiger partial charge in [-0.15, -0.1) is 0 Å². The lowest BCUT2D eigenvalue weighted by atomic mass is 10.1. The van der Waals surface area contributed by atoms with Gasteiger partial charge in [-0.05, 0) is 24.6 Å². The largest absolute Gasteiger partial charge is 0.416 e. The van der Waals surface area contributed by atoms with E-state index in [1.165, 1.54) is 31.2 Å². The fourth-order valence-corrected chi connectivity index (χ4v) is 3.11. The van der Waals surface area contributed by atoms with Crippen LogP contribution in [0.15, 0.2) is 47.4 Å². The number of nitro groups is 1. The Labute approximate surface area is 141 Å². The molecule has 0 heterocycles. The third-order valence-electron chi connectivity index (χ3n) is 3.41. The van der Waals surface area contributed by atoms with E-state index in [9.17, 15) is 31.7 Å². The molecule has 0 fully saturated rings. The first-order chi connectivity index (χ1) is 11.5. The molecular formula is C15H13F3N2O4S. The number of nitrogens with one attached hydrogen (secondary N) is 1. The van der Waals surface area contributed by atoms with Crippen LogP contribution in [0.5, 0.6) is 0 Å². The van der Waals surface area contributed by atoms with Gasteiger partial charge in [0.15, 0.2) is 0 Å². The van der Waals surface area contributed by atoms with Crippen molar-refractivity contribution in [3.63, 3.8) is 0 Å². The van der Waals surface area contributed by atoms with Crippen LogP contribution in [0.1, 0.15) is 16.7 Å². The summed E-state index contributed by atoms with van der Waals surface area (Å²) in [5, 5.41) is 10.9. The van der Waals surface area contributed by atoms with E-state index in [0.717, 1.165) is 18.2 Å². The summed E-state index contributed by atoms with van der Waals surface area (Å²) >= 11 is 0. The SMILES string of the molecule is Cc1ccc(S(=O)(=O)NCc2cccc(C(F)(F)F)c2)cc1[N+](=O)[O-]. The van der Waals surface area contributed by atoms with Crippen molar-refractivity contribution in [3.05, 3.63) is 69.3 Å². The minimum Gasteiger partial charge on any atom is -0.258 e. The molecule has 2 aromatic carbocycles. The summed E-state index contributed by atoms with van der Waals surface area (Å²) < 4.78 is 64.6. The van der Waals surface area contributed by atoms with Crippen LogP contribution in [0.25, 0.3) is 0 Å². The Hall–Kier alpha value is -2.46. The van der Waals surface area contributed by atoms with Gasteiger partial charge in [0.2, 0.25) is 10.0 Å². The number of sulfonamides is 1. The summed E-state index contributed by atoms with van der Waals surface area (Å²) in [4.78, 5) is 9.85. The van der Waals surface area contributed by atoms with Crippen molar-refractivity contribution >= 4 is 15.7 Å². The molecule has 0 aliphatic carbocycles. The highest BCUT2D eigenvalue weighted by Crippen LogP contribution is 2.29. The number of halogens is 3. The molecule has 2 aromatic rings. The Morgan fingerprint density at radius 3 is 2.44 bits per heavy atom. The normalized spacial score (nSPS) is 12.2. The zero-order valence-corrected chi connectivity index (χ0v) is 13.7. The van der Waals surface area contributed by atoms with E-state index in [0.29, 0.717) is 5.56 Å². The lowest BCUT2D eigenvalue weighted by Crippen LogP contribution is -2.23. The second kappa shape index (κ2) is 6.81. The topological polar surface area (TPSA) is 89.3 Å². The van der Waals surface area contributed by atoms with Crippen LogP contribution < -0.4 is 4.72 Å². The van der Waals surface area contributed by atoms with E-state index in [2.05, 4.69) is 4.72 Å². The van der Waals surface area contributed by atoms with Gasteiger partial charge in [-0.1, -0.05) is 24.3 Å². The van der Waals surface area contributed by atoms with Gasteiger partial charge in [0.05, 0.1) is 15.4 Å². The maximum atomic E-state index is 12.7. The third-order valence-corrected chi connectivity index (χ3v) is 4.81. The van der Waals surface area contributed by atoms with Crippen molar-refractivity contribution in [3.8, 4) is 0 Å². The first-order valence-electron chi connectivity index (χ1n) is 6.91. The third kappa shape index (κ3) is 4.54. The number of alkyl halides is 3. The molecule has 0 radical (unpaired) electrons. The van der Waals surface area contributed by atoms with Gasteiger partial charge in [0.25, 0.3) is 5.69 Å². The zero-order chi connectivity index (χ0) is 18.8. The fourth-order valence-electron chi connectivity index (χ4n) is 2.07. The van der Waals surface area contributed by atoms with Crippen molar-refractivity contribution in [2.75, 3.05) is 0 Å². The molecule has 10 heteroatoms. The smallest absolute Gasteiger partial charge is 0.258 e. The lowest BCUT2D eigenvalue weighted by Gasteiger charge is -2.10. The summed E-state index contributed by atoms with van der Waals surface area (Å²) in [6, 6.07) is 7.61. The van der Waals surface area contributed by atoms with Crippen molar-refractivity contribution in [1.29, 1.82) is 0 Å². The first kappa shape index (κ1) is 18.9. The van der Waals surface area contributed by atoms with Gasteiger partial charge in [0.1, 0.15) is 0 Å². The Bertz CT molecular complexity index is 911. The van der Waals surface area contributed by atoms with Crippen molar-refractivity contribution in [2.24, 2.45) is 0 Å². The standard InChI is InChI=1S/C15H13F3N2O4S/c1-10-5-6-13(8-14(10)20(21)22)25(23,24)19-9-11-3-2-4-12(7-11)15(16,17)18/h2-8,19H,9H2,1H3. The summed E-state index contributed by atoms with van der Waals surface area (Å²) in [7, 11) is -4.12. The molecular weight excluding hydrogens is 361 g/mol. The number of nitrogens with zero attached hydrogens (tertiary/aromatic N) is 1. The molecule has 0 saturated carbocycles. The van der Waals surface area contributed by atoms with Crippen LogP contribution in [0.4, 0.5) is 18.9 Å². The van der Waals surface area contributed by atoms with E-state index in [4.69, 9.17) is 0 Å². The molecule has 0 bridgehead atoms. The number of aryl methyl sites for hydroxylation is 1. The zero-order valence-electron chi connectivity index (χ0n) is 12.9. The van der Waals surface area contributed by atoms with Crippen LogP contribution in [0.3, 0.4) is 0 Å². The summed E-state index contributed by atoms with van der Waals surface area (Å²) in [6.45, 7) is 1.08. The number of hydrogen-bond donors (Lipinski definition) is 1. The van der Waals surface area contributed by atoms with E-state index in [1.54, 1.807) is 0 Å². The average Bonchev–Trinajstić information content (AvgIpc) is 2.52. The number of nitro benzene ring substituents is 1. The molecule has 0 aliphatic heterocycles. The average molecular weight is 374 g/mol. The molecule has 0 amide bonds. The number of rotatable bonds is 5. The van der Waals surface area contributed by atoms with Crippen LogP contribution in [0.2, 0.25) is 0 Å². The summed E-state index contributed by atoms with van der Waals surface area (Å²) in [6.07, 6.45) is -4.54. The molecule has 0 unspecified atom stereocenters. The molecule has 0 saturated heterocycles. The van der Waals surface area contributed by atoms with Gasteiger partial charge in [0, 0.05) is 18.2 Å². The Balaban J connectivity index is 2.23. The maximum Gasteiger partial charge on any atom is 0.416 e. The highest BCUT2D eigenvalue weighted by Gasteiger charge is 2.30. The molecule has 1 N–H and O–H groups in total. The molecule has 134 valence electrons. The van der Waals surface area contributed by atoms with Gasteiger partial charge in [-0.25, -0.2) is 13.1 Å². The minimum absolute atomic E-state index is 0.111. The Kier molecular flexibility index (Phi) is 5.14. The van der Waals surface area contributed by atoms with Gasteiger partial charge < -0.3 is 0 Å². The van der Waals surface area contributed by atoms with Gasteiger partial charge in [-0.3, -0.25) is 10.1 Å². The fraction of sp³-hybridized carbons (Fsp3) is 0.200. The molecule has 0 atom stereocenters. The minimum atomic E-state index is -4.54. The second-order valence-corrected chi connectivity index (χ2v) is 7.00. The number of benzene rings is 2.